The zero-order valence-electron chi connectivity index (χ0n) is 19.5. The molecule has 5 nitrogen and oxygen atoms in total. The van der Waals surface area contributed by atoms with Crippen molar-refractivity contribution in [1.29, 1.82) is 0 Å². The number of carbonyl (C=O) groups excluding carboxylic acids is 2. The summed E-state index contributed by atoms with van der Waals surface area (Å²) in [4.78, 5) is 26.9. The maximum atomic E-state index is 13.7. The quantitative estimate of drug-likeness (QED) is 0.361. The Kier molecular flexibility index (Phi) is 7.24. The van der Waals surface area contributed by atoms with Crippen LogP contribution in [0.15, 0.2) is 12.1 Å². The number of nitrogens with one attached hydrogen (secondary N) is 3. The second-order valence-electron chi connectivity index (χ2n) is 9.60. The van der Waals surface area contributed by atoms with E-state index in [1.54, 1.807) is 0 Å². The van der Waals surface area contributed by atoms with Crippen LogP contribution in [0, 0.1) is 17.5 Å². The molecule has 0 fully saturated rings. The van der Waals surface area contributed by atoms with Crippen molar-refractivity contribution in [2.45, 2.75) is 71.4 Å². The number of benzene rings is 1. The molecule has 0 spiro atoms. The van der Waals surface area contributed by atoms with Crippen LogP contribution in [0.5, 0.6) is 0 Å². The molecule has 0 bridgehead atoms. The fourth-order valence-electron chi connectivity index (χ4n) is 4.38. The van der Waals surface area contributed by atoms with Crippen molar-refractivity contribution < 1.29 is 22.8 Å². The summed E-state index contributed by atoms with van der Waals surface area (Å²) >= 11 is 1.26. The number of unbranched alkanes of at least 4 members (excludes halogenated alkanes) is 2. The summed E-state index contributed by atoms with van der Waals surface area (Å²) in [6.07, 6.45) is 3.40. The van der Waals surface area contributed by atoms with E-state index in [1.165, 1.54) is 11.3 Å². The van der Waals surface area contributed by atoms with Gasteiger partial charge in [-0.1, -0.05) is 19.8 Å². The first-order valence-corrected chi connectivity index (χ1v) is 11.9. The molecule has 1 aromatic heterocycles. The Morgan fingerprint density at radius 2 is 1.70 bits per heavy atom. The highest BCUT2D eigenvalue weighted by atomic mass is 32.1. The Bertz CT molecular complexity index is 1060. The molecule has 2 aromatic rings. The van der Waals surface area contributed by atoms with E-state index in [-0.39, 0.29) is 17.0 Å². The molecule has 33 heavy (non-hydrogen) atoms. The molecule has 1 aliphatic rings. The molecule has 2 heterocycles. The Morgan fingerprint density at radius 1 is 1.06 bits per heavy atom. The Hall–Kier alpha value is -2.39. The monoisotopic (exact) mass is 481 g/mol. The second-order valence-corrected chi connectivity index (χ2v) is 10.6. The first-order valence-electron chi connectivity index (χ1n) is 11.1. The summed E-state index contributed by atoms with van der Waals surface area (Å²) in [5.41, 5.74) is 0.0823. The third kappa shape index (κ3) is 5.41. The molecule has 180 valence electrons. The normalized spacial score (nSPS) is 16.2. The van der Waals surface area contributed by atoms with Crippen molar-refractivity contribution in [3.05, 3.63) is 51.2 Å². The molecule has 0 radical (unpaired) electrons. The second kappa shape index (κ2) is 9.46. The van der Waals surface area contributed by atoms with Gasteiger partial charge in [0, 0.05) is 28.1 Å². The van der Waals surface area contributed by atoms with E-state index in [1.807, 2.05) is 27.7 Å². The van der Waals surface area contributed by atoms with Crippen LogP contribution in [0.4, 0.5) is 18.2 Å². The fourth-order valence-corrected chi connectivity index (χ4v) is 5.65. The highest BCUT2D eigenvalue weighted by Gasteiger charge is 2.41. The molecule has 2 amide bonds. The number of hydrogen-bond acceptors (Lipinski definition) is 4. The van der Waals surface area contributed by atoms with Gasteiger partial charge in [-0.15, -0.1) is 11.3 Å². The summed E-state index contributed by atoms with van der Waals surface area (Å²) < 4.78 is 40.6. The molecular formula is C24H30F3N3O2S. The van der Waals surface area contributed by atoms with Gasteiger partial charge in [-0.2, -0.15) is 0 Å². The van der Waals surface area contributed by atoms with Crippen molar-refractivity contribution in [1.82, 2.24) is 10.6 Å². The van der Waals surface area contributed by atoms with Crippen molar-refractivity contribution in [2.75, 3.05) is 11.9 Å². The predicted molar refractivity (Wildman–Crippen MR) is 124 cm³/mol. The number of thiophene rings is 1. The van der Waals surface area contributed by atoms with Gasteiger partial charge in [-0.05, 0) is 58.2 Å². The largest absolute Gasteiger partial charge is 0.352 e. The van der Waals surface area contributed by atoms with Gasteiger partial charge >= 0.3 is 0 Å². The van der Waals surface area contributed by atoms with E-state index >= 15 is 0 Å². The summed E-state index contributed by atoms with van der Waals surface area (Å²) in [7, 11) is 0. The van der Waals surface area contributed by atoms with Crippen molar-refractivity contribution in [2.24, 2.45) is 0 Å². The molecule has 0 atom stereocenters. The highest BCUT2D eigenvalue weighted by Crippen LogP contribution is 2.45. The number of amides is 2. The van der Waals surface area contributed by atoms with Gasteiger partial charge in [0.1, 0.15) is 5.00 Å². The number of carbonyl (C=O) groups is 2. The topological polar surface area (TPSA) is 70.2 Å². The molecule has 0 unspecified atom stereocenters. The Morgan fingerprint density at radius 3 is 2.30 bits per heavy atom. The number of fused-ring (bicyclic) bond motifs is 1. The lowest BCUT2D eigenvalue weighted by Crippen LogP contribution is -2.55. The van der Waals surface area contributed by atoms with Gasteiger partial charge in [0.2, 0.25) is 0 Å². The van der Waals surface area contributed by atoms with Gasteiger partial charge in [0.05, 0.1) is 5.56 Å². The molecule has 0 saturated carbocycles. The van der Waals surface area contributed by atoms with E-state index in [4.69, 9.17) is 0 Å². The summed E-state index contributed by atoms with van der Waals surface area (Å²) in [6, 6.07) is 1.28. The van der Waals surface area contributed by atoms with Crippen LogP contribution in [0.1, 0.15) is 85.0 Å². The lowest BCUT2D eigenvalue weighted by Gasteiger charge is -2.42. The molecule has 3 rings (SSSR count). The minimum Gasteiger partial charge on any atom is -0.352 e. The predicted octanol–water partition coefficient (Wildman–Crippen LogP) is 5.50. The fraction of sp³-hybridized carbons (Fsp3) is 0.500. The van der Waals surface area contributed by atoms with E-state index in [2.05, 4.69) is 22.9 Å². The minimum absolute atomic E-state index is 0.292. The third-order valence-electron chi connectivity index (χ3n) is 5.61. The first-order chi connectivity index (χ1) is 15.4. The zero-order chi connectivity index (χ0) is 24.6. The molecule has 0 aliphatic carbocycles. The Labute approximate surface area is 196 Å². The highest BCUT2D eigenvalue weighted by molar-refractivity contribution is 7.17. The smallest absolute Gasteiger partial charge is 0.256 e. The summed E-state index contributed by atoms with van der Waals surface area (Å²) in [6.45, 7) is 10.7. The van der Waals surface area contributed by atoms with Gasteiger partial charge in [-0.25, -0.2) is 13.2 Å². The molecule has 9 heteroatoms. The lowest BCUT2D eigenvalue weighted by atomic mass is 9.81. The Balaban J connectivity index is 2.01. The third-order valence-corrected chi connectivity index (χ3v) is 7.08. The van der Waals surface area contributed by atoms with Gasteiger partial charge < -0.3 is 16.0 Å². The van der Waals surface area contributed by atoms with Crippen LogP contribution in [0.3, 0.4) is 0 Å². The van der Waals surface area contributed by atoms with Crippen LogP contribution in [-0.2, 0) is 12.0 Å². The minimum atomic E-state index is -1.64. The van der Waals surface area contributed by atoms with Crippen LogP contribution in [0.25, 0.3) is 0 Å². The van der Waals surface area contributed by atoms with E-state index in [0.717, 1.165) is 29.7 Å². The summed E-state index contributed by atoms with van der Waals surface area (Å²) in [5.74, 6) is -5.67. The van der Waals surface area contributed by atoms with Crippen molar-refractivity contribution >= 4 is 28.2 Å². The average Bonchev–Trinajstić information content (AvgIpc) is 3.05. The summed E-state index contributed by atoms with van der Waals surface area (Å²) in [5, 5.41) is 9.43. The maximum absolute atomic E-state index is 13.7. The molecule has 3 N–H and O–H groups in total. The van der Waals surface area contributed by atoms with Crippen LogP contribution >= 0.6 is 11.3 Å². The number of rotatable bonds is 7. The van der Waals surface area contributed by atoms with E-state index in [9.17, 15) is 22.8 Å². The molecule has 0 saturated heterocycles. The van der Waals surface area contributed by atoms with Crippen LogP contribution in [0.2, 0.25) is 0 Å². The zero-order valence-corrected chi connectivity index (χ0v) is 20.4. The van der Waals surface area contributed by atoms with Gasteiger partial charge in [0.15, 0.2) is 17.5 Å². The van der Waals surface area contributed by atoms with Crippen molar-refractivity contribution in [3.8, 4) is 0 Å². The van der Waals surface area contributed by atoms with Crippen molar-refractivity contribution in [3.63, 3.8) is 0 Å². The number of hydrogen-bond donors (Lipinski definition) is 3. The van der Waals surface area contributed by atoms with E-state index < -0.39 is 28.9 Å². The SMILES string of the molecule is CCCCCNC(=O)c1c(NC(=O)c2cc(F)c(F)c(F)c2)sc2c1CC(C)(C)NC2(C)C. The van der Waals surface area contributed by atoms with Gasteiger partial charge in [0.25, 0.3) is 11.8 Å². The first kappa shape index (κ1) is 25.2. The van der Waals surface area contributed by atoms with Crippen LogP contribution < -0.4 is 16.0 Å². The number of halogens is 3. The molecular weight excluding hydrogens is 451 g/mol. The standard InChI is InChI=1S/C24H30F3N3O2S/c1-6-7-8-9-28-21(32)17-14-12-23(2,3)30-24(4,5)19(14)33-22(17)29-20(31)13-10-15(25)18(27)16(26)11-13/h10-11,30H,6-9,12H2,1-5H3,(H,28,32)(H,29,31). The number of anilines is 1. The molecule has 1 aromatic carbocycles. The van der Waals surface area contributed by atoms with Crippen LogP contribution in [-0.4, -0.2) is 23.9 Å². The van der Waals surface area contributed by atoms with E-state index in [0.29, 0.717) is 35.7 Å². The maximum Gasteiger partial charge on any atom is 0.256 e. The lowest BCUT2D eigenvalue weighted by molar-refractivity contribution is 0.0952. The van der Waals surface area contributed by atoms with Gasteiger partial charge in [-0.3, -0.25) is 9.59 Å². The molecule has 1 aliphatic heterocycles. The average molecular weight is 482 g/mol.